The zero-order valence-electron chi connectivity index (χ0n) is 15.8. The molecule has 0 aliphatic heterocycles. The van der Waals surface area contributed by atoms with Crippen LogP contribution < -0.4 is 5.32 Å². The van der Waals surface area contributed by atoms with Gasteiger partial charge in [-0.1, -0.05) is 0 Å². The maximum absolute atomic E-state index is 12.4. The number of nitrogens with one attached hydrogen (secondary N) is 1. The van der Waals surface area contributed by atoms with E-state index in [1.807, 2.05) is 83.3 Å². The normalized spacial score (nSPS) is 10.9. The van der Waals surface area contributed by atoms with Crippen molar-refractivity contribution in [3.05, 3.63) is 82.9 Å². The Morgan fingerprint density at radius 1 is 1.14 bits per heavy atom. The minimum Gasteiger partial charge on any atom is -0.352 e. The Morgan fingerprint density at radius 3 is 2.57 bits per heavy atom. The van der Waals surface area contributed by atoms with Crippen LogP contribution in [0.2, 0.25) is 0 Å². The van der Waals surface area contributed by atoms with E-state index in [0.29, 0.717) is 18.5 Å². The van der Waals surface area contributed by atoms with Gasteiger partial charge in [-0.05, 0) is 56.3 Å². The Labute approximate surface area is 167 Å². The summed E-state index contributed by atoms with van der Waals surface area (Å²) in [6.07, 6.45) is 4.63. The molecule has 142 valence electrons. The van der Waals surface area contributed by atoms with Crippen LogP contribution in [0.4, 0.5) is 0 Å². The Balaban J connectivity index is 1.33. The molecule has 0 fully saturated rings. The molecule has 3 heterocycles. The van der Waals surface area contributed by atoms with Crippen molar-refractivity contribution in [3.63, 3.8) is 0 Å². The van der Waals surface area contributed by atoms with Gasteiger partial charge in [-0.15, -0.1) is 11.3 Å². The summed E-state index contributed by atoms with van der Waals surface area (Å²) < 4.78 is 3.86. The smallest absolute Gasteiger partial charge is 0.251 e. The second kappa shape index (κ2) is 7.82. The molecule has 1 N–H and O–H groups in total. The molecule has 0 aliphatic rings. The van der Waals surface area contributed by atoms with E-state index in [1.165, 1.54) is 0 Å². The van der Waals surface area contributed by atoms with Gasteiger partial charge < -0.3 is 9.88 Å². The average Bonchev–Trinajstić information content (AvgIpc) is 3.43. The number of amides is 1. The van der Waals surface area contributed by atoms with Crippen LogP contribution in [-0.2, 0) is 6.42 Å². The van der Waals surface area contributed by atoms with Crippen LogP contribution >= 0.6 is 11.3 Å². The van der Waals surface area contributed by atoms with Gasteiger partial charge in [0.25, 0.3) is 5.91 Å². The van der Waals surface area contributed by atoms with Crippen molar-refractivity contribution in [3.8, 4) is 10.8 Å². The topological polar surface area (TPSA) is 64.7 Å². The first kappa shape index (κ1) is 18.2. The molecule has 0 aliphatic carbocycles. The van der Waals surface area contributed by atoms with Crippen LogP contribution in [0.5, 0.6) is 0 Å². The zero-order chi connectivity index (χ0) is 19.5. The Morgan fingerprint density at radius 2 is 1.89 bits per heavy atom. The molecule has 0 atom stereocenters. The van der Waals surface area contributed by atoms with Crippen LogP contribution in [0, 0.1) is 13.8 Å². The number of aromatic nitrogens is 4. The summed E-state index contributed by atoms with van der Waals surface area (Å²) in [4.78, 5) is 17.0. The maximum atomic E-state index is 12.4. The van der Waals surface area contributed by atoms with Crippen molar-refractivity contribution >= 4 is 17.2 Å². The van der Waals surface area contributed by atoms with Crippen LogP contribution in [0.3, 0.4) is 0 Å². The Hall–Kier alpha value is -3.19. The number of benzene rings is 1. The van der Waals surface area contributed by atoms with Crippen molar-refractivity contribution in [2.45, 2.75) is 20.3 Å². The molecule has 3 aromatic heterocycles. The van der Waals surface area contributed by atoms with Gasteiger partial charge in [0.05, 0.1) is 11.4 Å². The molecule has 0 saturated carbocycles. The number of carbonyl (C=O) groups excluding carboxylic acids is 1. The van der Waals surface area contributed by atoms with Gasteiger partial charge in [0, 0.05) is 47.7 Å². The number of thiazole rings is 1. The molecular weight excluding hydrogens is 370 g/mol. The van der Waals surface area contributed by atoms with E-state index in [4.69, 9.17) is 0 Å². The first-order chi connectivity index (χ1) is 13.6. The van der Waals surface area contributed by atoms with E-state index in [-0.39, 0.29) is 5.91 Å². The lowest BCUT2D eigenvalue weighted by Gasteiger charge is -2.06. The molecule has 0 unspecified atom stereocenters. The molecular formula is C21H21N5OS. The molecule has 28 heavy (non-hydrogen) atoms. The number of hydrogen-bond acceptors (Lipinski definition) is 4. The fourth-order valence-electron chi connectivity index (χ4n) is 3.03. The van der Waals surface area contributed by atoms with Crippen LogP contribution in [0.1, 0.15) is 27.4 Å². The SMILES string of the molecule is Cc1cc(C)n(-c2nc(CCNC(=O)c3ccc(-n4cccc4)cc3)cs2)n1. The summed E-state index contributed by atoms with van der Waals surface area (Å²) in [5.74, 6) is -0.0759. The Bertz CT molecular complexity index is 1080. The monoisotopic (exact) mass is 391 g/mol. The Kier molecular flexibility index (Phi) is 5.08. The summed E-state index contributed by atoms with van der Waals surface area (Å²) in [7, 11) is 0. The third-order valence-corrected chi connectivity index (χ3v) is 5.29. The largest absolute Gasteiger partial charge is 0.352 e. The highest BCUT2D eigenvalue weighted by atomic mass is 32.1. The van der Waals surface area contributed by atoms with E-state index in [9.17, 15) is 4.79 Å². The summed E-state index contributed by atoms with van der Waals surface area (Å²) in [5, 5.41) is 10.3. The lowest BCUT2D eigenvalue weighted by molar-refractivity contribution is 0.0954. The summed E-state index contributed by atoms with van der Waals surface area (Å²) in [6, 6.07) is 13.5. The van der Waals surface area contributed by atoms with Crippen LogP contribution in [0.25, 0.3) is 10.8 Å². The summed E-state index contributed by atoms with van der Waals surface area (Å²) >= 11 is 1.56. The van der Waals surface area contributed by atoms with Crippen molar-refractivity contribution in [2.75, 3.05) is 6.54 Å². The molecule has 0 radical (unpaired) electrons. The van der Waals surface area contributed by atoms with Crippen molar-refractivity contribution in [1.82, 2.24) is 24.6 Å². The van der Waals surface area contributed by atoms with E-state index in [2.05, 4.69) is 15.4 Å². The molecule has 0 spiro atoms. The number of carbonyl (C=O) groups is 1. The fraction of sp³-hybridized carbons (Fsp3) is 0.190. The maximum Gasteiger partial charge on any atom is 0.251 e. The minimum absolute atomic E-state index is 0.0759. The molecule has 1 amide bonds. The third kappa shape index (κ3) is 3.89. The predicted molar refractivity (Wildman–Crippen MR) is 111 cm³/mol. The molecule has 0 bridgehead atoms. The highest BCUT2D eigenvalue weighted by Gasteiger charge is 2.10. The van der Waals surface area contributed by atoms with Crippen molar-refractivity contribution in [1.29, 1.82) is 0 Å². The molecule has 4 aromatic rings. The van der Waals surface area contributed by atoms with E-state index in [0.717, 1.165) is 27.9 Å². The zero-order valence-corrected chi connectivity index (χ0v) is 16.6. The van der Waals surface area contributed by atoms with Crippen LogP contribution in [0.15, 0.2) is 60.2 Å². The fourth-order valence-corrected chi connectivity index (χ4v) is 3.90. The molecule has 4 rings (SSSR count). The highest BCUT2D eigenvalue weighted by molar-refractivity contribution is 7.12. The van der Waals surface area contributed by atoms with Crippen molar-refractivity contribution in [2.24, 2.45) is 0 Å². The predicted octanol–water partition coefficient (Wildman–Crippen LogP) is 3.71. The van der Waals surface area contributed by atoms with Gasteiger partial charge in [0.2, 0.25) is 5.13 Å². The minimum atomic E-state index is -0.0759. The van der Waals surface area contributed by atoms with Crippen molar-refractivity contribution < 1.29 is 4.79 Å². The van der Waals surface area contributed by atoms with Crippen LogP contribution in [-0.4, -0.2) is 31.8 Å². The first-order valence-electron chi connectivity index (χ1n) is 9.10. The highest BCUT2D eigenvalue weighted by Crippen LogP contribution is 2.17. The van der Waals surface area contributed by atoms with E-state index < -0.39 is 0 Å². The lowest BCUT2D eigenvalue weighted by atomic mass is 10.2. The second-order valence-corrected chi connectivity index (χ2v) is 7.44. The average molecular weight is 392 g/mol. The first-order valence-corrected chi connectivity index (χ1v) is 9.98. The number of aryl methyl sites for hydroxylation is 2. The van der Waals surface area contributed by atoms with Gasteiger partial charge in [-0.25, -0.2) is 9.67 Å². The quantitative estimate of drug-likeness (QED) is 0.545. The molecule has 0 saturated heterocycles. The lowest BCUT2D eigenvalue weighted by Crippen LogP contribution is -2.25. The third-order valence-electron chi connectivity index (χ3n) is 4.43. The summed E-state index contributed by atoms with van der Waals surface area (Å²) in [6.45, 7) is 4.53. The van der Waals surface area contributed by atoms with E-state index >= 15 is 0 Å². The van der Waals surface area contributed by atoms with Gasteiger partial charge in [0.1, 0.15) is 0 Å². The second-order valence-electron chi connectivity index (χ2n) is 6.60. The van der Waals surface area contributed by atoms with Gasteiger partial charge >= 0.3 is 0 Å². The number of rotatable bonds is 6. The molecule has 7 heteroatoms. The number of hydrogen-bond donors (Lipinski definition) is 1. The summed E-state index contributed by atoms with van der Waals surface area (Å²) in [5.41, 5.74) is 4.67. The van der Waals surface area contributed by atoms with Gasteiger partial charge in [0.15, 0.2) is 0 Å². The van der Waals surface area contributed by atoms with Gasteiger partial charge in [-0.2, -0.15) is 5.10 Å². The molecule has 6 nitrogen and oxygen atoms in total. The molecule has 1 aromatic carbocycles. The number of nitrogens with zero attached hydrogens (tertiary/aromatic N) is 4. The van der Waals surface area contributed by atoms with E-state index in [1.54, 1.807) is 11.3 Å². The van der Waals surface area contributed by atoms with Gasteiger partial charge in [-0.3, -0.25) is 4.79 Å². The standard InChI is InChI=1S/C21H21N5OS/c1-15-13-16(2)26(24-15)21-23-18(14-28-21)9-10-22-20(27)17-5-7-19(8-6-17)25-11-3-4-12-25/h3-8,11-14H,9-10H2,1-2H3,(H,22,27).